The molecule has 7 rings (SSSR count). The number of hydrogen-bond acceptors (Lipinski definition) is 11. The van der Waals surface area contributed by atoms with E-state index in [4.69, 9.17) is 24.3 Å². The van der Waals surface area contributed by atoms with Crippen LogP contribution in [0.15, 0.2) is 65.8 Å². The monoisotopic (exact) mass is 893 g/mol. The molecular formula is C47H63N9O7Si. The first-order valence-corrected chi connectivity index (χ1v) is 26.0. The van der Waals surface area contributed by atoms with E-state index < -0.39 is 26.3 Å². The summed E-state index contributed by atoms with van der Waals surface area (Å²) in [6.07, 6.45) is 4.83. The number of alkyl carbamates (subject to hydrolysis) is 1. The van der Waals surface area contributed by atoms with Crippen molar-refractivity contribution in [1.82, 2.24) is 34.7 Å². The van der Waals surface area contributed by atoms with Gasteiger partial charge in [0.2, 0.25) is 18.3 Å². The van der Waals surface area contributed by atoms with E-state index in [0.717, 1.165) is 75.3 Å². The summed E-state index contributed by atoms with van der Waals surface area (Å²) >= 11 is 0. The van der Waals surface area contributed by atoms with E-state index in [9.17, 15) is 14.4 Å². The van der Waals surface area contributed by atoms with Gasteiger partial charge in [-0.15, -0.1) is 0 Å². The minimum absolute atomic E-state index is 0.0211. The molecule has 0 spiro atoms. The predicted molar refractivity (Wildman–Crippen MR) is 251 cm³/mol. The Morgan fingerprint density at radius 2 is 1.62 bits per heavy atom. The van der Waals surface area contributed by atoms with E-state index in [0.29, 0.717) is 32.2 Å². The maximum Gasteiger partial charge on any atom is 0.407 e. The number of imidazole rings is 2. The highest BCUT2D eigenvalue weighted by molar-refractivity contribution is 6.76. The first kappa shape index (κ1) is 46.2. The number of aromatic nitrogens is 4. The van der Waals surface area contributed by atoms with Gasteiger partial charge in [0.05, 0.1) is 43.2 Å². The molecule has 0 saturated carbocycles. The molecular weight excluding hydrogens is 831 g/mol. The molecule has 2 aliphatic rings. The van der Waals surface area contributed by atoms with Crippen molar-refractivity contribution in [1.29, 1.82) is 0 Å². The molecule has 0 radical (unpaired) electrons. The standard InChI is InChI=1S/C47H63N9O7Si/c1-30(2)41(49-28-63-61-6)44(57)53-19-10-12-40(53)43-48-27-38(50-43)36-16-15-32-24-33(13-14-34(32)25-36)35-17-18-39-37(26-35)51-46(54(39)29-62-22-23-64(7,8)9)56-21-11-20-55(56)45(58)42(31(3)4)52-47(59)60-5/h13-18,24-28,30-31,40-42H,10-12,19-23,29H2,1-9H3,(H,48,50)(H,52,59)/t40-,41-,42-/m0/s1. The highest BCUT2D eigenvalue weighted by atomic mass is 28.3. The van der Waals surface area contributed by atoms with Gasteiger partial charge in [-0.05, 0) is 83.3 Å². The number of rotatable bonds is 17. The molecule has 3 aromatic carbocycles. The summed E-state index contributed by atoms with van der Waals surface area (Å²) in [6.45, 7) is 17.4. The van der Waals surface area contributed by atoms with Crippen LogP contribution in [0.1, 0.15) is 58.8 Å². The Balaban J connectivity index is 1.13. The SMILES string of the molecule is COOC=N[C@H](C(=O)N1CCC[C@H]1c1ncc(-c2ccc3cc(-c4ccc5c(c4)nc(N4CCCN4C(=O)[C@@H](NC(=O)OC)C(C)C)n5COCC[Si](C)(C)C)ccc3c2)[nH]1)C(C)C. The fourth-order valence-corrected chi connectivity index (χ4v) is 9.21. The van der Waals surface area contributed by atoms with E-state index in [1.54, 1.807) is 5.01 Å². The van der Waals surface area contributed by atoms with Crippen LogP contribution in [-0.4, -0.2) is 114 Å². The quantitative estimate of drug-likeness (QED) is 0.0232. The van der Waals surface area contributed by atoms with E-state index >= 15 is 0 Å². The smallest absolute Gasteiger partial charge is 0.407 e. The van der Waals surface area contributed by atoms with E-state index in [1.165, 1.54) is 20.6 Å². The molecule has 17 heteroatoms. The topological polar surface area (TPSA) is 169 Å². The summed E-state index contributed by atoms with van der Waals surface area (Å²) in [6, 6.07) is 18.6. The van der Waals surface area contributed by atoms with Gasteiger partial charge in [-0.25, -0.2) is 24.8 Å². The lowest BCUT2D eigenvalue weighted by Gasteiger charge is -2.33. The second kappa shape index (κ2) is 19.9. The first-order chi connectivity index (χ1) is 30.7. The number of carbonyl (C=O) groups excluding carboxylic acids is 3. The van der Waals surface area contributed by atoms with E-state index in [1.807, 2.05) is 43.8 Å². The summed E-state index contributed by atoms with van der Waals surface area (Å²) in [5, 5.41) is 8.53. The third kappa shape index (κ3) is 10.3. The second-order valence-electron chi connectivity index (χ2n) is 18.5. The zero-order valence-electron chi connectivity index (χ0n) is 38.6. The number of likely N-dealkylation sites (tertiary alicyclic amines) is 1. The average molecular weight is 894 g/mol. The van der Waals surface area contributed by atoms with Crippen molar-refractivity contribution < 1.29 is 33.6 Å². The van der Waals surface area contributed by atoms with Crippen LogP contribution in [0.4, 0.5) is 10.7 Å². The first-order valence-electron chi connectivity index (χ1n) is 22.3. The van der Waals surface area contributed by atoms with Gasteiger partial charge in [0.1, 0.15) is 24.6 Å². The van der Waals surface area contributed by atoms with Crippen LogP contribution in [0.3, 0.4) is 0 Å². The third-order valence-electron chi connectivity index (χ3n) is 12.0. The van der Waals surface area contributed by atoms with Crippen molar-refractivity contribution in [3.63, 3.8) is 0 Å². The Morgan fingerprint density at radius 1 is 0.906 bits per heavy atom. The van der Waals surface area contributed by atoms with Gasteiger partial charge < -0.3 is 29.6 Å². The van der Waals surface area contributed by atoms with Gasteiger partial charge in [0.25, 0.3) is 5.91 Å². The number of fused-ring (bicyclic) bond motifs is 2. The number of benzene rings is 3. The molecule has 16 nitrogen and oxygen atoms in total. The molecule has 2 fully saturated rings. The molecule has 2 N–H and O–H groups in total. The molecule has 0 aliphatic carbocycles. The van der Waals surface area contributed by atoms with Crippen LogP contribution in [0, 0.1) is 11.8 Å². The molecule has 0 bridgehead atoms. The maximum atomic E-state index is 14.1. The Labute approximate surface area is 376 Å². The minimum atomic E-state index is -1.33. The predicted octanol–water partition coefficient (Wildman–Crippen LogP) is 8.19. The third-order valence-corrected chi connectivity index (χ3v) is 13.7. The van der Waals surface area contributed by atoms with Crippen LogP contribution in [0.5, 0.6) is 0 Å². The van der Waals surface area contributed by atoms with Gasteiger partial charge in [-0.3, -0.25) is 19.2 Å². The van der Waals surface area contributed by atoms with Crippen molar-refractivity contribution in [3.8, 4) is 22.4 Å². The van der Waals surface area contributed by atoms with E-state index in [2.05, 4.69) is 99.0 Å². The van der Waals surface area contributed by atoms with Gasteiger partial charge in [0.15, 0.2) is 0 Å². The highest BCUT2D eigenvalue weighted by Gasteiger charge is 2.38. The number of methoxy groups -OCH3 is 1. The van der Waals surface area contributed by atoms with Crippen LogP contribution in [0.25, 0.3) is 44.2 Å². The number of anilines is 1. The number of nitrogens with zero attached hydrogens (tertiary/aromatic N) is 7. The van der Waals surface area contributed by atoms with Crippen LogP contribution in [-0.2, 0) is 35.6 Å². The van der Waals surface area contributed by atoms with Crippen molar-refractivity contribution in [3.05, 3.63) is 66.6 Å². The summed E-state index contributed by atoms with van der Waals surface area (Å²) in [7, 11) is 1.36. The van der Waals surface area contributed by atoms with Gasteiger partial charge in [-0.2, -0.15) is 4.89 Å². The van der Waals surface area contributed by atoms with Crippen molar-refractivity contribution >= 4 is 60.1 Å². The molecule has 3 atom stereocenters. The lowest BCUT2D eigenvalue weighted by atomic mass is 9.99. The fourth-order valence-electron chi connectivity index (χ4n) is 8.45. The fraction of sp³-hybridized carbons (Fsp3) is 0.489. The summed E-state index contributed by atoms with van der Waals surface area (Å²) in [5.74, 6) is 0.924. The molecule has 2 saturated heterocycles. The molecule has 4 heterocycles. The maximum absolute atomic E-state index is 14.1. The number of hydrazine groups is 1. The summed E-state index contributed by atoms with van der Waals surface area (Å²) < 4.78 is 13.2. The van der Waals surface area contributed by atoms with Crippen molar-refractivity contribution in [2.24, 2.45) is 16.8 Å². The average Bonchev–Trinajstić information content (AvgIpc) is 4.11. The molecule has 342 valence electrons. The molecule has 2 aliphatic heterocycles. The van der Waals surface area contributed by atoms with Crippen molar-refractivity contribution in [2.45, 2.75) is 97.5 Å². The normalized spacial score (nSPS) is 16.8. The number of hydrogen-bond donors (Lipinski definition) is 2. The zero-order chi connectivity index (χ0) is 45.7. The number of carbonyl (C=O) groups is 3. The van der Waals surface area contributed by atoms with Crippen LogP contribution in [0.2, 0.25) is 25.7 Å². The van der Waals surface area contributed by atoms with E-state index in [-0.39, 0.29) is 36.4 Å². The number of aliphatic imine (C=N–C) groups is 1. The number of ether oxygens (including phenoxy) is 2. The zero-order valence-corrected chi connectivity index (χ0v) is 39.6. The van der Waals surface area contributed by atoms with Crippen LogP contribution < -0.4 is 10.3 Å². The number of aromatic amines is 1. The summed E-state index contributed by atoms with van der Waals surface area (Å²) in [5.41, 5.74) is 5.62. The number of nitrogens with one attached hydrogen (secondary N) is 2. The van der Waals surface area contributed by atoms with Crippen molar-refractivity contribution in [2.75, 3.05) is 45.5 Å². The lowest BCUT2D eigenvalue weighted by Crippen LogP contribution is -2.54. The minimum Gasteiger partial charge on any atom is -0.453 e. The second-order valence-corrected chi connectivity index (χ2v) is 24.2. The highest BCUT2D eigenvalue weighted by Crippen LogP contribution is 2.35. The lowest BCUT2D eigenvalue weighted by molar-refractivity contribution is -0.188. The number of H-pyrrole nitrogens is 1. The molecule has 64 heavy (non-hydrogen) atoms. The summed E-state index contributed by atoms with van der Waals surface area (Å²) in [4.78, 5) is 69.1. The Kier molecular flexibility index (Phi) is 14.4. The number of amides is 3. The Hall–Kier alpha value is -5.78. The molecule has 3 amide bonds. The Morgan fingerprint density at radius 3 is 2.33 bits per heavy atom. The van der Waals surface area contributed by atoms with Gasteiger partial charge >= 0.3 is 6.09 Å². The largest absolute Gasteiger partial charge is 0.453 e. The Bertz CT molecular complexity index is 2480. The van der Waals surface area contributed by atoms with Crippen LogP contribution >= 0.6 is 0 Å². The van der Waals surface area contributed by atoms with Gasteiger partial charge in [0, 0.05) is 39.9 Å². The van der Waals surface area contributed by atoms with Gasteiger partial charge in [-0.1, -0.05) is 77.7 Å². The molecule has 5 aromatic rings. The molecule has 0 unspecified atom stereocenters. The molecule has 2 aromatic heterocycles.